The van der Waals surface area contributed by atoms with E-state index in [1.54, 1.807) is 6.07 Å². The summed E-state index contributed by atoms with van der Waals surface area (Å²) in [5.74, 6) is -2.17. The number of thioether (sulfide) groups is 1. The molecule has 2 aromatic carbocycles. The van der Waals surface area contributed by atoms with Crippen LogP contribution >= 0.6 is 11.8 Å². The summed E-state index contributed by atoms with van der Waals surface area (Å²) in [7, 11) is 0. The van der Waals surface area contributed by atoms with Crippen molar-refractivity contribution in [3.63, 3.8) is 0 Å². The highest BCUT2D eigenvalue weighted by molar-refractivity contribution is 8.18. The molecule has 0 radical (unpaired) electrons. The van der Waals surface area contributed by atoms with E-state index < -0.39 is 35.0 Å². The van der Waals surface area contributed by atoms with E-state index in [0.29, 0.717) is 17.1 Å². The van der Waals surface area contributed by atoms with E-state index in [2.05, 4.69) is 30.9 Å². The number of aliphatic imine (C=N–C) groups is 1. The Morgan fingerprint density at radius 3 is 2.68 bits per heavy atom. The Bertz CT molecular complexity index is 1350. The van der Waals surface area contributed by atoms with Gasteiger partial charge in [0.2, 0.25) is 0 Å². The van der Waals surface area contributed by atoms with E-state index in [1.165, 1.54) is 12.1 Å². The monoisotopic (exact) mass is 489 g/mol. The summed E-state index contributed by atoms with van der Waals surface area (Å²) < 4.78 is 59.7. The normalized spacial score (nSPS) is 16.0. The third-order valence-corrected chi connectivity index (χ3v) is 5.24. The molecule has 3 aromatic rings. The molecule has 0 atom stereocenters. The van der Waals surface area contributed by atoms with Crippen molar-refractivity contribution < 1.29 is 27.1 Å². The summed E-state index contributed by atoms with van der Waals surface area (Å²) in [6.07, 6.45) is -3.41. The zero-order chi connectivity index (χ0) is 24.3. The molecule has 14 heteroatoms. The molecular formula is C20H11F4N7O2S. The first-order valence-electron chi connectivity index (χ1n) is 9.29. The number of benzene rings is 2. The number of hydrogen-bond donors (Lipinski definition) is 2. The molecule has 34 heavy (non-hydrogen) atoms. The molecule has 0 aliphatic carbocycles. The van der Waals surface area contributed by atoms with Crippen molar-refractivity contribution in [2.75, 3.05) is 0 Å². The highest BCUT2D eigenvalue weighted by atomic mass is 32.2. The second-order valence-corrected chi connectivity index (χ2v) is 7.66. The van der Waals surface area contributed by atoms with E-state index in [-0.39, 0.29) is 22.6 Å². The number of tetrazole rings is 1. The molecule has 0 bridgehead atoms. The Labute approximate surface area is 192 Å². The average molecular weight is 489 g/mol. The number of nitriles is 1. The molecule has 0 spiro atoms. The predicted octanol–water partition coefficient (Wildman–Crippen LogP) is 3.78. The lowest BCUT2D eigenvalue weighted by atomic mass is 10.1. The number of ether oxygens (including phenoxy) is 1. The number of amides is 1. The molecule has 0 unspecified atom stereocenters. The Morgan fingerprint density at radius 1 is 1.21 bits per heavy atom. The third-order valence-electron chi connectivity index (χ3n) is 4.29. The largest absolute Gasteiger partial charge is 0.454 e. The van der Waals surface area contributed by atoms with Crippen LogP contribution < -0.4 is 10.1 Å². The number of carbonyl (C=O) groups excluding carboxylic acids is 1. The SMILES string of the molecule is N#Cc1ccc(Oc2ccc(/C=C3/SC(=NCc4nn[nH]n4)NC3=O)cc2F)c(C(F)(F)F)c1. The summed E-state index contributed by atoms with van der Waals surface area (Å²) >= 11 is 1.02. The van der Waals surface area contributed by atoms with E-state index in [9.17, 15) is 22.4 Å². The first-order chi connectivity index (χ1) is 16.2. The summed E-state index contributed by atoms with van der Waals surface area (Å²) in [5, 5.41) is 24.8. The van der Waals surface area contributed by atoms with Crippen molar-refractivity contribution in [3.05, 3.63) is 69.6 Å². The highest BCUT2D eigenvalue weighted by Gasteiger charge is 2.35. The van der Waals surface area contributed by atoms with Crippen LogP contribution in [0.15, 0.2) is 46.3 Å². The van der Waals surface area contributed by atoms with Crippen molar-refractivity contribution in [3.8, 4) is 17.6 Å². The van der Waals surface area contributed by atoms with Gasteiger partial charge in [0.05, 0.1) is 22.1 Å². The number of rotatable bonds is 5. The smallest absolute Gasteiger partial charge is 0.420 e. The van der Waals surface area contributed by atoms with Crippen LogP contribution in [0.5, 0.6) is 11.5 Å². The van der Waals surface area contributed by atoms with Gasteiger partial charge in [0.1, 0.15) is 12.3 Å². The molecule has 2 heterocycles. The second kappa shape index (κ2) is 9.32. The van der Waals surface area contributed by atoms with Crippen LogP contribution in [0, 0.1) is 17.1 Å². The van der Waals surface area contributed by atoms with Crippen LogP contribution in [0.2, 0.25) is 0 Å². The number of nitrogens with zero attached hydrogens (tertiary/aromatic N) is 5. The summed E-state index contributed by atoms with van der Waals surface area (Å²) in [5.41, 5.74) is -1.14. The minimum atomic E-state index is -4.81. The zero-order valence-electron chi connectivity index (χ0n) is 16.7. The predicted molar refractivity (Wildman–Crippen MR) is 112 cm³/mol. The lowest BCUT2D eigenvalue weighted by molar-refractivity contribution is -0.138. The number of hydrogen-bond acceptors (Lipinski definition) is 8. The van der Waals surface area contributed by atoms with Crippen molar-refractivity contribution in [1.29, 1.82) is 5.26 Å². The quantitative estimate of drug-likeness (QED) is 0.412. The molecule has 4 rings (SSSR count). The summed E-state index contributed by atoms with van der Waals surface area (Å²) in [6.45, 7) is 0.0856. The van der Waals surface area contributed by atoms with E-state index >= 15 is 0 Å². The molecule has 1 fully saturated rings. The number of carbonyl (C=O) groups is 1. The van der Waals surface area contributed by atoms with Gasteiger partial charge in [-0.05, 0) is 53.7 Å². The number of nitrogens with one attached hydrogen (secondary N) is 2. The zero-order valence-corrected chi connectivity index (χ0v) is 17.5. The van der Waals surface area contributed by atoms with Gasteiger partial charge >= 0.3 is 6.18 Å². The van der Waals surface area contributed by atoms with Crippen LogP contribution in [0.3, 0.4) is 0 Å². The van der Waals surface area contributed by atoms with Gasteiger partial charge in [-0.15, -0.1) is 10.2 Å². The maximum absolute atomic E-state index is 14.6. The molecule has 172 valence electrons. The lowest BCUT2D eigenvalue weighted by Crippen LogP contribution is -2.19. The molecule has 1 aliphatic rings. The molecule has 1 saturated heterocycles. The fourth-order valence-corrected chi connectivity index (χ4v) is 3.58. The first kappa shape index (κ1) is 22.9. The van der Waals surface area contributed by atoms with Crippen molar-refractivity contribution >= 4 is 28.9 Å². The average Bonchev–Trinajstić information content (AvgIpc) is 3.43. The van der Waals surface area contributed by atoms with Gasteiger partial charge in [-0.3, -0.25) is 9.79 Å². The molecular weight excluding hydrogens is 478 g/mol. The fraction of sp³-hybridized carbons (Fsp3) is 0.100. The van der Waals surface area contributed by atoms with Crippen LogP contribution in [-0.2, 0) is 17.5 Å². The summed E-state index contributed by atoms with van der Waals surface area (Å²) in [4.78, 5) is 16.5. The standard InChI is InChI=1S/C20H11F4N7O2S/c21-13-6-10(7-16-18(32)27-19(34-16)26-9-17-28-30-31-29-17)1-4-15(13)33-14-3-2-11(8-25)5-12(14)20(22,23)24/h1-7H,9H2,(H,26,27,32)(H,28,29,30,31)/b16-7+. The third kappa shape index (κ3) is 5.21. The fourth-order valence-electron chi connectivity index (χ4n) is 2.76. The van der Waals surface area contributed by atoms with Crippen LogP contribution in [-0.4, -0.2) is 31.7 Å². The van der Waals surface area contributed by atoms with Gasteiger partial charge in [-0.1, -0.05) is 11.3 Å². The highest BCUT2D eigenvalue weighted by Crippen LogP contribution is 2.39. The van der Waals surface area contributed by atoms with Crippen molar-refractivity contribution in [2.45, 2.75) is 12.7 Å². The molecule has 1 aliphatic heterocycles. The van der Waals surface area contributed by atoms with E-state index in [1.807, 2.05) is 0 Å². The van der Waals surface area contributed by atoms with Crippen molar-refractivity contribution in [2.24, 2.45) is 4.99 Å². The van der Waals surface area contributed by atoms with E-state index in [4.69, 9.17) is 10.00 Å². The first-order valence-corrected chi connectivity index (χ1v) is 10.1. The van der Waals surface area contributed by atoms with Crippen LogP contribution in [0.4, 0.5) is 17.6 Å². The molecule has 0 saturated carbocycles. The maximum Gasteiger partial charge on any atom is 0.420 e. The van der Waals surface area contributed by atoms with Gasteiger partial charge in [0.25, 0.3) is 5.91 Å². The number of aromatic nitrogens is 4. The Balaban J connectivity index is 1.52. The lowest BCUT2D eigenvalue weighted by Gasteiger charge is -2.14. The minimum absolute atomic E-state index is 0.0856. The topological polar surface area (TPSA) is 129 Å². The second-order valence-electron chi connectivity index (χ2n) is 6.63. The van der Waals surface area contributed by atoms with Gasteiger partial charge in [0.15, 0.2) is 22.6 Å². The number of H-pyrrole nitrogens is 1. The number of amidine groups is 1. The molecule has 2 N–H and O–H groups in total. The Morgan fingerprint density at radius 2 is 2.00 bits per heavy atom. The number of aromatic amines is 1. The van der Waals surface area contributed by atoms with Gasteiger partial charge in [-0.2, -0.15) is 23.6 Å². The molecule has 9 nitrogen and oxygen atoms in total. The Kier molecular flexibility index (Phi) is 6.28. The minimum Gasteiger partial charge on any atom is -0.454 e. The van der Waals surface area contributed by atoms with Crippen LogP contribution in [0.1, 0.15) is 22.5 Å². The van der Waals surface area contributed by atoms with Crippen LogP contribution in [0.25, 0.3) is 6.08 Å². The van der Waals surface area contributed by atoms with Crippen molar-refractivity contribution in [1.82, 2.24) is 25.9 Å². The van der Waals surface area contributed by atoms with E-state index in [0.717, 1.165) is 36.0 Å². The molecule has 1 amide bonds. The Hall–Kier alpha value is -4.25. The number of halogens is 4. The van der Waals surface area contributed by atoms with Gasteiger partial charge in [-0.25, -0.2) is 4.39 Å². The summed E-state index contributed by atoms with van der Waals surface area (Å²) in [6, 6.07) is 7.86. The maximum atomic E-state index is 14.6. The van der Waals surface area contributed by atoms with Gasteiger partial charge < -0.3 is 10.1 Å². The van der Waals surface area contributed by atoms with Gasteiger partial charge in [0, 0.05) is 0 Å². The number of alkyl halides is 3. The molecule has 1 aromatic heterocycles.